The number of rotatable bonds is 2. The van der Waals surface area contributed by atoms with Crippen LogP contribution in [0, 0.1) is 0 Å². The van der Waals surface area contributed by atoms with Crippen molar-refractivity contribution in [2.75, 3.05) is 5.75 Å². The van der Waals surface area contributed by atoms with Gasteiger partial charge in [0.2, 0.25) is 6.08 Å². The molecule has 0 radical (unpaired) electrons. The Morgan fingerprint density at radius 2 is 2.18 bits per heavy atom. The number of benzene rings is 1. The average Bonchev–Trinajstić information content (AvgIpc) is 2.33. The van der Waals surface area contributed by atoms with E-state index in [1.165, 1.54) is 34.6 Å². The lowest BCUT2D eigenvalue weighted by molar-refractivity contribution is 0.253. The van der Waals surface area contributed by atoms with Crippen molar-refractivity contribution in [3.63, 3.8) is 0 Å². The molecule has 0 aromatic heterocycles. The molecule has 0 unspecified atom stereocenters. The highest BCUT2D eigenvalue weighted by Crippen LogP contribution is 2.48. The molecule has 0 amide bonds. The number of aliphatic imine (C=N–C) groups is 1. The zero-order chi connectivity index (χ0) is 11.7. The van der Waals surface area contributed by atoms with E-state index in [4.69, 9.17) is 0 Å². The van der Waals surface area contributed by atoms with Crippen LogP contribution in [-0.2, 0) is 16.8 Å². The van der Waals surface area contributed by atoms with Crippen molar-refractivity contribution in [2.45, 2.75) is 42.5 Å². The molecule has 0 N–H and O–H groups in total. The molecule has 1 fully saturated rings. The Balaban J connectivity index is 2.10. The van der Waals surface area contributed by atoms with Gasteiger partial charge in [-0.3, -0.25) is 0 Å². The van der Waals surface area contributed by atoms with Crippen molar-refractivity contribution in [3.8, 4) is 0 Å². The normalized spacial score (nSPS) is 20.9. The second kappa shape index (κ2) is 4.32. The van der Waals surface area contributed by atoms with Crippen LogP contribution in [0.3, 0.4) is 0 Å². The van der Waals surface area contributed by atoms with Gasteiger partial charge in [-0.2, -0.15) is 4.99 Å². The molecule has 2 aliphatic rings. The lowest BCUT2D eigenvalue weighted by Crippen LogP contribution is -2.33. The molecular weight excluding hydrogens is 230 g/mol. The Morgan fingerprint density at radius 1 is 1.29 bits per heavy atom. The van der Waals surface area contributed by atoms with Crippen molar-refractivity contribution in [3.05, 3.63) is 29.3 Å². The number of nitrogens with zero attached hydrogens (tertiary/aromatic N) is 1. The third-order valence-corrected chi connectivity index (χ3v) is 5.09. The summed E-state index contributed by atoms with van der Waals surface area (Å²) in [7, 11) is 0. The fourth-order valence-electron chi connectivity index (χ4n) is 2.87. The molecule has 3 rings (SSSR count). The molecule has 1 aromatic rings. The first-order chi connectivity index (χ1) is 8.36. The molecule has 0 bridgehead atoms. The maximum atomic E-state index is 10.7. The van der Waals surface area contributed by atoms with Crippen molar-refractivity contribution in [1.82, 2.24) is 0 Å². The second-order valence-electron chi connectivity index (χ2n) is 4.82. The van der Waals surface area contributed by atoms with Crippen molar-refractivity contribution in [2.24, 2.45) is 4.99 Å². The smallest absolute Gasteiger partial charge is 0.211 e. The number of thioether (sulfide) groups is 1. The minimum Gasteiger partial charge on any atom is -0.211 e. The molecule has 1 aliphatic heterocycles. The standard InChI is InChI=1S/C14H15NOS/c16-10-15-14(7-3-8-14)12-5-1-6-13-11(12)4-2-9-17-13/h1,5-6H,2-4,7-9H2. The third kappa shape index (κ3) is 1.74. The Labute approximate surface area is 106 Å². The van der Waals surface area contributed by atoms with E-state index in [9.17, 15) is 4.79 Å². The highest BCUT2D eigenvalue weighted by atomic mass is 32.2. The number of isocyanates is 1. The van der Waals surface area contributed by atoms with Crippen LogP contribution in [-0.4, -0.2) is 11.8 Å². The van der Waals surface area contributed by atoms with E-state index in [1.54, 1.807) is 6.08 Å². The third-order valence-electron chi connectivity index (χ3n) is 3.90. The molecule has 3 heteroatoms. The Kier molecular flexibility index (Phi) is 2.81. The lowest BCUT2D eigenvalue weighted by Gasteiger charge is -2.39. The summed E-state index contributed by atoms with van der Waals surface area (Å²) in [5.41, 5.74) is 2.49. The maximum Gasteiger partial charge on any atom is 0.235 e. The highest BCUT2D eigenvalue weighted by Gasteiger charge is 2.40. The van der Waals surface area contributed by atoms with Gasteiger partial charge in [-0.15, -0.1) is 11.8 Å². The predicted molar refractivity (Wildman–Crippen MR) is 69.1 cm³/mol. The number of carbonyl (C=O) groups excluding carboxylic acids is 1. The molecular formula is C14H15NOS. The molecule has 1 saturated carbocycles. The van der Waals surface area contributed by atoms with Gasteiger partial charge in [-0.1, -0.05) is 12.1 Å². The molecule has 0 atom stereocenters. The molecule has 0 spiro atoms. The molecule has 1 heterocycles. The van der Waals surface area contributed by atoms with Crippen LogP contribution >= 0.6 is 11.8 Å². The van der Waals surface area contributed by atoms with Crippen LogP contribution in [0.4, 0.5) is 0 Å². The van der Waals surface area contributed by atoms with Crippen LogP contribution in [0.2, 0.25) is 0 Å². The average molecular weight is 245 g/mol. The van der Waals surface area contributed by atoms with Gasteiger partial charge >= 0.3 is 0 Å². The van der Waals surface area contributed by atoms with E-state index < -0.39 is 0 Å². The van der Waals surface area contributed by atoms with Crippen molar-refractivity contribution in [1.29, 1.82) is 0 Å². The summed E-state index contributed by atoms with van der Waals surface area (Å²) in [5, 5.41) is 0. The van der Waals surface area contributed by atoms with E-state index in [1.807, 2.05) is 11.8 Å². The summed E-state index contributed by atoms with van der Waals surface area (Å²) < 4.78 is 0. The molecule has 1 aromatic carbocycles. The molecule has 0 saturated heterocycles. The summed E-state index contributed by atoms with van der Waals surface area (Å²) in [6.45, 7) is 0. The minimum absolute atomic E-state index is 0.231. The molecule has 17 heavy (non-hydrogen) atoms. The van der Waals surface area contributed by atoms with E-state index in [-0.39, 0.29) is 5.54 Å². The van der Waals surface area contributed by atoms with Gasteiger partial charge < -0.3 is 0 Å². The van der Waals surface area contributed by atoms with Gasteiger partial charge in [-0.05, 0) is 55.1 Å². The summed E-state index contributed by atoms with van der Waals surface area (Å²) in [6, 6.07) is 6.46. The predicted octanol–water partition coefficient (Wildman–Crippen LogP) is 3.44. The second-order valence-corrected chi connectivity index (χ2v) is 5.96. The van der Waals surface area contributed by atoms with Gasteiger partial charge in [0, 0.05) is 4.90 Å². The Morgan fingerprint density at radius 3 is 2.88 bits per heavy atom. The monoisotopic (exact) mass is 245 g/mol. The fraction of sp³-hybridized carbons (Fsp3) is 0.500. The SMILES string of the molecule is O=C=NC1(c2cccc3c2CCCS3)CCC1. The summed E-state index contributed by atoms with van der Waals surface area (Å²) >= 11 is 1.93. The van der Waals surface area contributed by atoms with E-state index >= 15 is 0 Å². The van der Waals surface area contributed by atoms with Crippen molar-refractivity contribution >= 4 is 17.8 Å². The van der Waals surface area contributed by atoms with Crippen LogP contribution in [0.1, 0.15) is 36.8 Å². The fourth-order valence-corrected chi connectivity index (χ4v) is 3.94. The van der Waals surface area contributed by atoms with Crippen LogP contribution in [0.5, 0.6) is 0 Å². The van der Waals surface area contributed by atoms with Crippen molar-refractivity contribution < 1.29 is 4.79 Å². The van der Waals surface area contributed by atoms with E-state index in [0.29, 0.717) is 0 Å². The summed E-state index contributed by atoms with van der Waals surface area (Å²) in [5.74, 6) is 1.21. The first-order valence-corrected chi connectivity index (χ1v) is 7.18. The maximum absolute atomic E-state index is 10.7. The number of hydrogen-bond donors (Lipinski definition) is 0. The Hall–Kier alpha value is -1.05. The largest absolute Gasteiger partial charge is 0.235 e. The summed E-state index contributed by atoms with van der Waals surface area (Å²) in [6.07, 6.45) is 7.32. The zero-order valence-electron chi connectivity index (χ0n) is 9.74. The summed E-state index contributed by atoms with van der Waals surface area (Å²) in [4.78, 5) is 16.2. The number of fused-ring (bicyclic) bond motifs is 1. The van der Waals surface area contributed by atoms with E-state index in [2.05, 4.69) is 23.2 Å². The van der Waals surface area contributed by atoms with Crippen LogP contribution < -0.4 is 0 Å². The van der Waals surface area contributed by atoms with Gasteiger partial charge in [0.05, 0.1) is 5.54 Å². The van der Waals surface area contributed by atoms with Gasteiger partial charge in [-0.25, -0.2) is 4.79 Å². The first-order valence-electron chi connectivity index (χ1n) is 6.20. The van der Waals surface area contributed by atoms with Gasteiger partial charge in [0.15, 0.2) is 0 Å². The van der Waals surface area contributed by atoms with E-state index in [0.717, 1.165) is 19.3 Å². The molecule has 88 valence electrons. The molecule has 2 nitrogen and oxygen atoms in total. The van der Waals surface area contributed by atoms with Gasteiger partial charge in [0.25, 0.3) is 0 Å². The van der Waals surface area contributed by atoms with Gasteiger partial charge in [0.1, 0.15) is 0 Å². The number of hydrogen-bond acceptors (Lipinski definition) is 3. The minimum atomic E-state index is -0.231. The Bertz CT molecular complexity index is 487. The zero-order valence-corrected chi connectivity index (χ0v) is 10.6. The van der Waals surface area contributed by atoms with Crippen LogP contribution in [0.25, 0.3) is 0 Å². The van der Waals surface area contributed by atoms with Crippen LogP contribution in [0.15, 0.2) is 28.1 Å². The quantitative estimate of drug-likeness (QED) is 0.590. The lowest BCUT2D eigenvalue weighted by atomic mass is 9.70. The first kappa shape index (κ1) is 11.1. The highest BCUT2D eigenvalue weighted by molar-refractivity contribution is 7.99. The molecule has 1 aliphatic carbocycles. The topological polar surface area (TPSA) is 29.4 Å².